The fraction of sp³-hybridized carbons (Fsp3) is 0.455. The first-order valence-electron chi connectivity index (χ1n) is 5.09. The van der Waals surface area contributed by atoms with Gasteiger partial charge in [-0.3, -0.25) is 9.78 Å². The van der Waals surface area contributed by atoms with Gasteiger partial charge in [-0.15, -0.1) is 0 Å². The van der Waals surface area contributed by atoms with Crippen molar-refractivity contribution < 1.29 is 9.53 Å². The van der Waals surface area contributed by atoms with Crippen molar-refractivity contribution in [1.82, 2.24) is 10.3 Å². The van der Waals surface area contributed by atoms with Crippen LogP contribution in [0.25, 0.3) is 0 Å². The summed E-state index contributed by atoms with van der Waals surface area (Å²) in [7, 11) is 0. The van der Waals surface area contributed by atoms with Crippen LogP contribution in [-0.2, 0) is 4.74 Å². The van der Waals surface area contributed by atoms with E-state index in [-0.39, 0.29) is 5.91 Å². The second-order valence-electron chi connectivity index (χ2n) is 3.19. The standard InChI is InChI=1S/C11H15BrN2O2/c1-9-10(3-2-5-13-9)11(15)14-6-8-16-7-4-12/h2-3,5H,4,6-8H2,1H3,(H,14,15). The molecule has 1 heterocycles. The van der Waals surface area contributed by atoms with E-state index in [1.54, 1.807) is 18.3 Å². The molecule has 1 amide bonds. The number of carbonyl (C=O) groups excluding carboxylic acids is 1. The third-order valence-electron chi connectivity index (χ3n) is 2.01. The molecule has 88 valence electrons. The molecule has 1 rings (SSSR count). The highest BCUT2D eigenvalue weighted by molar-refractivity contribution is 9.09. The van der Waals surface area contributed by atoms with Gasteiger partial charge in [0.05, 0.1) is 18.8 Å². The number of carbonyl (C=O) groups is 1. The lowest BCUT2D eigenvalue weighted by molar-refractivity contribution is 0.0923. The normalized spacial score (nSPS) is 10.1. The van der Waals surface area contributed by atoms with Crippen LogP contribution in [0.1, 0.15) is 16.1 Å². The van der Waals surface area contributed by atoms with E-state index in [4.69, 9.17) is 4.74 Å². The lowest BCUT2D eigenvalue weighted by Crippen LogP contribution is -2.28. The zero-order chi connectivity index (χ0) is 11.8. The predicted molar refractivity (Wildman–Crippen MR) is 65.9 cm³/mol. The van der Waals surface area contributed by atoms with Crippen molar-refractivity contribution in [2.45, 2.75) is 6.92 Å². The van der Waals surface area contributed by atoms with Crippen LogP contribution in [0.4, 0.5) is 0 Å². The van der Waals surface area contributed by atoms with Crippen LogP contribution < -0.4 is 5.32 Å². The van der Waals surface area contributed by atoms with Gasteiger partial charge >= 0.3 is 0 Å². The van der Waals surface area contributed by atoms with Gasteiger partial charge in [0.1, 0.15) is 0 Å². The van der Waals surface area contributed by atoms with Crippen molar-refractivity contribution >= 4 is 21.8 Å². The molecule has 0 aromatic carbocycles. The number of aromatic nitrogens is 1. The summed E-state index contributed by atoms with van der Waals surface area (Å²) in [4.78, 5) is 15.7. The molecule has 0 radical (unpaired) electrons. The maximum Gasteiger partial charge on any atom is 0.253 e. The van der Waals surface area contributed by atoms with Crippen LogP contribution in [0, 0.1) is 6.92 Å². The minimum absolute atomic E-state index is 0.104. The van der Waals surface area contributed by atoms with E-state index < -0.39 is 0 Å². The molecule has 0 saturated heterocycles. The number of hydrogen-bond donors (Lipinski definition) is 1. The third-order valence-corrected chi connectivity index (χ3v) is 2.33. The quantitative estimate of drug-likeness (QED) is 0.637. The van der Waals surface area contributed by atoms with Crippen LogP contribution in [0.15, 0.2) is 18.3 Å². The van der Waals surface area contributed by atoms with E-state index >= 15 is 0 Å². The molecule has 1 aromatic rings. The summed E-state index contributed by atoms with van der Waals surface area (Å²) in [6, 6.07) is 3.51. The van der Waals surface area contributed by atoms with Crippen molar-refractivity contribution in [2.75, 3.05) is 25.1 Å². The molecule has 4 nitrogen and oxygen atoms in total. The molecule has 1 aromatic heterocycles. The van der Waals surface area contributed by atoms with E-state index in [0.29, 0.717) is 25.3 Å². The Balaban J connectivity index is 2.33. The number of amides is 1. The van der Waals surface area contributed by atoms with Gasteiger partial charge in [-0.05, 0) is 19.1 Å². The topological polar surface area (TPSA) is 51.2 Å². The molecule has 0 unspecified atom stereocenters. The fourth-order valence-electron chi connectivity index (χ4n) is 1.21. The van der Waals surface area contributed by atoms with Crippen molar-refractivity contribution in [1.29, 1.82) is 0 Å². The van der Waals surface area contributed by atoms with Crippen LogP contribution in [-0.4, -0.2) is 36.0 Å². The Labute approximate surface area is 104 Å². The summed E-state index contributed by atoms with van der Waals surface area (Å²) in [6.45, 7) is 3.51. The van der Waals surface area contributed by atoms with E-state index in [1.807, 2.05) is 6.92 Å². The summed E-state index contributed by atoms with van der Waals surface area (Å²) in [6.07, 6.45) is 1.67. The molecule has 0 spiro atoms. The first kappa shape index (κ1) is 13.1. The highest BCUT2D eigenvalue weighted by atomic mass is 79.9. The number of pyridine rings is 1. The zero-order valence-electron chi connectivity index (χ0n) is 9.20. The number of hydrogen-bond acceptors (Lipinski definition) is 3. The highest BCUT2D eigenvalue weighted by Crippen LogP contribution is 2.02. The minimum atomic E-state index is -0.104. The van der Waals surface area contributed by atoms with Crippen LogP contribution in [0.3, 0.4) is 0 Å². The second kappa shape index (κ2) is 7.35. The van der Waals surface area contributed by atoms with E-state index in [2.05, 4.69) is 26.2 Å². The van der Waals surface area contributed by atoms with Crippen LogP contribution >= 0.6 is 15.9 Å². The molecule has 0 saturated carbocycles. The number of halogens is 1. The molecule has 0 aliphatic rings. The molecule has 16 heavy (non-hydrogen) atoms. The van der Waals surface area contributed by atoms with Gasteiger partial charge in [0.25, 0.3) is 5.91 Å². The van der Waals surface area contributed by atoms with Crippen LogP contribution in [0.2, 0.25) is 0 Å². The SMILES string of the molecule is Cc1ncccc1C(=O)NCCOCCBr. The molecule has 5 heteroatoms. The number of aryl methyl sites for hydroxylation is 1. The number of nitrogens with zero attached hydrogens (tertiary/aromatic N) is 1. The maximum absolute atomic E-state index is 11.7. The van der Waals surface area contributed by atoms with Crippen molar-refractivity contribution in [2.24, 2.45) is 0 Å². The number of alkyl halides is 1. The maximum atomic E-state index is 11.7. The van der Waals surface area contributed by atoms with Gasteiger partial charge in [-0.25, -0.2) is 0 Å². The molecule has 0 aliphatic heterocycles. The fourth-order valence-corrected chi connectivity index (χ4v) is 1.44. The van der Waals surface area contributed by atoms with E-state index in [1.165, 1.54) is 0 Å². The monoisotopic (exact) mass is 286 g/mol. The number of ether oxygens (including phenoxy) is 1. The Bertz CT molecular complexity index is 345. The van der Waals surface area contributed by atoms with Gasteiger partial charge in [-0.1, -0.05) is 15.9 Å². The largest absolute Gasteiger partial charge is 0.379 e. The van der Waals surface area contributed by atoms with Gasteiger partial charge < -0.3 is 10.1 Å². The van der Waals surface area contributed by atoms with Gasteiger partial charge in [-0.2, -0.15) is 0 Å². The predicted octanol–water partition coefficient (Wildman–Crippen LogP) is 1.53. The summed E-state index contributed by atoms with van der Waals surface area (Å²) >= 11 is 3.26. The van der Waals surface area contributed by atoms with Gasteiger partial charge in [0.2, 0.25) is 0 Å². The van der Waals surface area contributed by atoms with E-state index in [0.717, 1.165) is 11.0 Å². The van der Waals surface area contributed by atoms with Gasteiger partial charge in [0, 0.05) is 23.8 Å². The highest BCUT2D eigenvalue weighted by Gasteiger charge is 2.07. The molecule has 0 atom stereocenters. The van der Waals surface area contributed by atoms with E-state index in [9.17, 15) is 4.79 Å². The molecule has 1 N–H and O–H groups in total. The average Bonchev–Trinajstić information content (AvgIpc) is 2.29. The second-order valence-corrected chi connectivity index (χ2v) is 3.99. The summed E-state index contributed by atoms with van der Waals surface area (Å²) in [5.74, 6) is -0.104. The first-order chi connectivity index (χ1) is 7.75. The number of rotatable bonds is 6. The zero-order valence-corrected chi connectivity index (χ0v) is 10.8. The van der Waals surface area contributed by atoms with Crippen LogP contribution in [0.5, 0.6) is 0 Å². The Morgan fingerprint density at radius 1 is 1.56 bits per heavy atom. The first-order valence-corrected chi connectivity index (χ1v) is 6.21. The van der Waals surface area contributed by atoms with Crippen molar-refractivity contribution in [3.8, 4) is 0 Å². The van der Waals surface area contributed by atoms with Crippen molar-refractivity contribution in [3.63, 3.8) is 0 Å². The minimum Gasteiger partial charge on any atom is -0.379 e. The molecule has 0 bridgehead atoms. The average molecular weight is 287 g/mol. The Morgan fingerprint density at radius 2 is 2.38 bits per heavy atom. The Morgan fingerprint density at radius 3 is 3.06 bits per heavy atom. The number of nitrogens with one attached hydrogen (secondary N) is 1. The molecular weight excluding hydrogens is 272 g/mol. The summed E-state index contributed by atoms with van der Waals surface area (Å²) in [5, 5.41) is 3.59. The molecule has 0 fully saturated rings. The lowest BCUT2D eigenvalue weighted by Gasteiger charge is -2.06. The summed E-state index contributed by atoms with van der Waals surface area (Å²) < 4.78 is 5.22. The smallest absolute Gasteiger partial charge is 0.253 e. The van der Waals surface area contributed by atoms with Gasteiger partial charge in [0.15, 0.2) is 0 Å². The molecule has 0 aliphatic carbocycles. The third kappa shape index (κ3) is 4.28. The Hall–Kier alpha value is -0.940. The van der Waals surface area contributed by atoms with Crippen molar-refractivity contribution in [3.05, 3.63) is 29.6 Å². The lowest BCUT2D eigenvalue weighted by atomic mass is 10.2. The summed E-state index contributed by atoms with van der Waals surface area (Å²) in [5.41, 5.74) is 1.35. The molecular formula is C11H15BrN2O2. The Kier molecular flexibility index (Phi) is 6.03.